The van der Waals surface area contributed by atoms with E-state index in [4.69, 9.17) is 4.74 Å². The number of rotatable bonds is 6. The standard InChI is InChI=1S/C21H22N2O2S/c1-14-9-10-19(11-15(14)2)25-16(3)20(24)22-12-18-13-26-21(23-18)17-7-5-4-6-8-17/h4-11,13,16H,12H2,1-3H3,(H,22,24). The second-order valence-electron chi connectivity index (χ2n) is 6.23. The molecule has 1 heterocycles. The highest BCUT2D eigenvalue weighted by atomic mass is 32.1. The zero-order valence-corrected chi connectivity index (χ0v) is 16.0. The molecular formula is C21H22N2O2S. The number of hydrogen-bond donors (Lipinski definition) is 1. The van der Waals surface area contributed by atoms with Gasteiger partial charge in [-0.1, -0.05) is 36.4 Å². The fraction of sp³-hybridized carbons (Fsp3) is 0.238. The second-order valence-corrected chi connectivity index (χ2v) is 7.09. The predicted octanol–water partition coefficient (Wildman–Crippen LogP) is 4.51. The minimum Gasteiger partial charge on any atom is -0.481 e. The van der Waals surface area contributed by atoms with Crippen molar-refractivity contribution in [2.75, 3.05) is 0 Å². The summed E-state index contributed by atoms with van der Waals surface area (Å²) in [5, 5.41) is 5.81. The molecule has 0 aliphatic carbocycles. The number of aryl methyl sites for hydroxylation is 2. The molecule has 0 bridgehead atoms. The van der Waals surface area contributed by atoms with Gasteiger partial charge in [0.1, 0.15) is 10.8 Å². The van der Waals surface area contributed by atoms with Crippen molar-refractivity contribution < 1.29 is 9.53 Å². The van der Waals surface area contributed by atoms with Gasteiger partial charge in [0.15, 0.2) is 6.10 Å². The molecule has 134 valence electrons. The third-order valence-electron chi connectivity index (χ3n) is 4.18. The van der Waals surface area contributed by atoms with Crippen molar-refractivity contribution in [3.8, 4) is 16.3 Å². The van der Waals surface area contributed by atoms with Crippen LogP contribution in [0.2, 0.25) is 0 Å². The Bertz CT molecular complexity index is 890. The van der Waals surface area contributed by atoms with Crippen LogP contribution in [-0.4, -0.2) is 17.0 Å². The summed E-state index contributed by atoms with van der Waals surface area (Å²) in [5.74, 6) is 0.549. The van der Waals surface area contributed by atoms with Crippen LogP contribution in [0.25, 0.3) is 10.6 Å². The third-order valence-corrected chi connectivity index (χ3v) is 5.12. The van der Waals surface area contributed by atoms with E-state index in [1.54, 1.807) is 18.3 Å². The number of amides is 1. The topological polar surface area (TPSA) is 51.2 Å². The van der Waals surface area contributed by atoms with Gasteiger partial charge in [-0.05, 0) is 44.0 Å². The summed E-state index contributed by atoms with van der Waals surface area (Å²) in [6.07, 6.45) is -0.565. The summed E-state index contributed by atoms with van der Waals surface area (Å²) in [6, 6.07) is 15.9. The van der Waals surface area contributed by atoms with Gasteiger partial charge in [-0.3, -0.25) is 4.79 Å². The Labute approximate surface area is 157 Å². The number of ether oxygens (including phenoxy) is 1. The fourth-order valence-electron chi connectivity index (χ4n) is 2.47. The minimum atomic E-state index is -0.565. The van der Waals surface area contributed by atoms with Crippen LogP contribution >= 0.6 is 11.3 Å². The van der Waals surface area contributed by atoms with Gasteiger partial charge >= 0.3 is 0 Å². The van der Waals surface area contributed by atoms with Gasteiger partial charge in [0, 0.05) is 10.9 Å². The Kier molecular flexibility index (Phi) is 5.68. The van der Waals surface area contributed by atoms with Crippen molar-refractivity contribution in [2.45, 2.75) is 33.4 Å². The van der Waals surface area contributed by atoms with E-state index in [0.717, 1.165) is 21.8 Å². The predicted molar refractivity (Wildman–Crippen MR) is 105 cm³/mol. The number of aromatic nitrogens is 1. The average molecular weight is 366 g/mol. The van der Waals surface area contributed by atoms with Crippen LogP contribution in [0.5, 0.6) is 5.75 Å². The number of thiazole rings is 1. The summed E-state index contributed by atoms with van der Waals surface area (Å²) < 4.78 is 5.75. The summed E-state index contributed by atoms with van der Waals surface area (Å²) >= 11 is 1.57. The first-order valence-corrected chi connectivity index (χ1v) is 9.42. The summed E-state index contributed by atoms with van der Waals surface area (Å²) in [7, 11) is 0. The Hall–Kier alpha value is -2.66. The molecule has 5 heteroatoms. The molecule has 1 aromatic heterocycles. The van der Waals surface area contributed by atoms with E-state index in [0.29, 0.717) is 12.3 Å². The number of nitrogens with zero attached hydrogens (tertiary/aromatic N) is 1. The lowest BCUT2D eigenvalue weighted by Crippen LogP contribution is -2.36. The number of carbonyl (C=O) groups is 1. The lowest BCUT2D eigenvalue weighted by Gasteiger charge is -2.15. The van der Waals surface area contributed by atoms with Crippen molar-refractivity contribution >= 4 is 17.2 Å². The molecule has 1 atom stereocenters. The van der Waals surface area contributed by atoms with E-state index in [1.165, 1.54) is 5.56 Å². The molecule has 0 fully saturated rings. The van der Waals surface area contributed by atoms with E-state index in [1.807, 2.05) is 67.8 Å². The molecule has 3 rings (SSSR count). The van der Waals surface area contributed by atoms with Gasteiger partial charge in [0.2, 0.25) is 0 Å². The minimum absolute atomic E-state index is 0.155. The number of carbonyl (C=O) groups excluding carboxylic acids is 1. The first kappa shape index (κ1) is 18.1. The fourth-order valence-corrected chi connectivity index (χ4v) is 3.29. The van der Waals surface area contributed by atoms with Crippen LogP contribution in [0.3, 0.4) is 0 Å². The van der Waals surface area contributed by atoms with Gasteiger partial charge in [-0.25, -0.2) is 4.98 Å². The van der Waals surface area contributed by atoms with E-state index in [9.17, 15) is 4.79 Å². The molecule has 26 heavy (non-hydrogen) atoms. The van der Waals surface area contributed by atoms with Crippen molar-refractivity contribution in [3.63, 3.8) is 0 Å². The van der Waals surface area contributed by atoms with Gasteiger partial charge < -0.3 is 10.1 Å². The highest BCUT2D eigenvalue weighted by Gasteiger charge is 2.15. The molecule has 1 unspecified atom stereocenters. The lowest BCUT2D eigenvalue weighted by molar-refractivity contribution is -0.127. The van der Waals surface area contributed by atoms with Gasteiger partial charge in [-0.2, -0.15) is 0 Å². The van der Waals surface area contributed by atoms with E-state index in [-0.39, 0.29) is 5.91 Å². The molecule has 0 aliphatic rings. The number of nitrogens with one attached hydrogen (secondary N) is 1. The monoisotopic (exact) mass is 366 g/mol. The normalized spacial score (nSPS) is 11.8. The quantitative estimate of drug-likeness (QED) is 0.698. The van der Waals surface area contributed by atoms with Crippen molar-refractivity contribution in [1.82, 2.24) is 10.3 Å². The summed E-state index contributed by atoms with van der Waals surface area (Å²) in [5.41, 5.74) is 4.28. The van der Waals surface area contributed by atoms with Crippen LogP contribution in [0.15, 0.2) is 53.9 Å². The maximum Gasteiger partial charge on any atom is 0.261 e. The largest absolute Gasteiger partial charge is 0.481 e. The number of benzene rings is 2. The Morgan fingerprint density at radius 1 is 1.15 bits per heavy atom. The zero-order valence-electron chi connectivity index (χ0n) is 15.2. The highest BCUT2D eigenvalue weighted by molar-refractivity contribution is 7.13. The first-order valence-electron chi connectivity index (χ1n) is 8.54. The molecule has 1 N–H and O–H groups in total. The van der Waals surface area contributed by atoms with E-state index < -0.39 is 6.10 Å². The van der Waals surface area contributed by atoms with Gasteiger partial charge in [0.25, 0.3) is 5.91 Å². The van der Waals surface area contributed by atoms with Crippen molar-refractivity contribution in [3.05, 3.63) is 70.7 Å². The molecule has 4 nitrogen and oxygen atoms in total. The van der Waals surface area contributed by atoms with Crippen molar-refractivity contribution in [2.24, 2.45) is 0 Å². The van der Waals surface area contributed by atoms with Crippen LogP contribution < -0.4 is 10.1 Å². The lowest BCUT2D eigenvalue weighted by atomic mass is 10.1. The molecule has 0 spiro atoms. The Morgan fingerprint density at radius 3 is 2.65 bits per heavy atom. The van der Waals surface area contributed by atoms with Gasteiger partial charge in [-0.15, -0.1) is 11.3 Å². The summed E-state index contributed by atoms with van der Waals surface area (Å²) in [6.45, 7) is 6.22. The molecule has 2 aromatic carbocycles. The molecule has 0 saturated carbocycles. The SMILES string of the molecule is Cc1ccc(OC(C)C(=O)NCc2csc(-c3ccccc3)n2)cc1C. The number of hydrogen-bond acceptors (Lipinski definition) is 4. The smallest absolute Gasteiger partial charge is 0.261 e. The first-order chi connectivity index (χ1) is 12.5. The molecule has 0 radical (unpaired) electrons. The van der Waals surface area contributed by atoms with Crippen LogP contribution in [0.1, 0.15) is 23.7 Å². The molecular weight excluding hydrogens is 344 g/mol. The zero-order chi connectivity index (χ0) is 18.5. The maximum atomic E-state index is 12.3. The second kappa shape index (κ2) is 8.15. The highest BCUT2D eigenvalue weighted by Crippen LogP contribution is 2.23. The maximum absolute atomic E-state index is 12.3. The molecule has 1 amide bonds. The third kappa shape index (κ3) is 4.49. The van der Waals surface area contributed by atoms with E-state index in [2.05, 4.69) is 10.3 Å². The van der Waals surface area contributed by atoms with Gasteiger partial charge in [0.05, 0.1) is 12.2 Å². The molecule has 0 saturated heterocycles. The Morgan fingerprint density at radius 2 is 1.92 bits per heavy atom. The van der Waals surface area contributed by atoms with Crippen LogP contribution in [-0.2, 0) is 11.3 Å². The molecule has 3 aromatic rings. The van der Waals surface area contributed by atoms with Crippen LogP contribution in [0.4, 0.5) is 0 Å². The average Bonchev–Trinajstić information content (AvgIpc) is 3.12. The van der Waals surface area contributed by atoms with Crippen molar-refractivity contribution in [1.29, 1.82) is 0 Å². The Balaban J connectivity index is 1.55. The summed E-state index contributed by atoms with van der Waals surface area (Å²) in [4.78, 5) is 16.9. The molecule has 0 aliphatic heterocycles. The van der Waals surface area contributed by atoms with E-state index >= 15 is 0 Å². The van der Waals surface area contributed by atoms with Crippen LogP contribution in [0, 0.1) is 13.8 Å².